The summed E-state index contributed by atoms with van der Waals surface area (Å²) < 4.78 is 7.34. The zero-order chi connectivity index (χ0) is 12.1. The molecule has 1 heterocycles. The van der Waals surface area contributed by atoms with Crippen molar-refractivity contribution in [3.05, 3.63) is 17.5 Å². The second-order valence-corrected chi connectivity index (χ2v) is 4.21. The van der Waals surface area contributed by atoms with Gasteiger partial charge in [0.05, 0.1) is 11.8 Å². The maximum Gasteiger partial charge on any atom is 0.0699 e. The Morgan fingerprint density at radius 2 is 2.25 bits per heavy atom. The number of hydrogen-bond acceptors (Lipinski definition) is 3. The maximum atomic E-state index is 5.39. The summed E-state index contributed by atoms with van der Waals surface area (Å²) in [6.07, 6.45) is 1.15. The Kier molecular flexibility index (Phi) is 4.96. The van der Waals surface area contributed by atoms with Crippen LogP contribution in [0.5, 0.6) is 0 Å². The van der Waals surface area contributed by atoms with Crippen molar-refractivity contribution in [1.29, 1.82) is 0 Å². The standard InChI is InChI=1S/C12H23N3O/c1-6-13-12(10(3)16-5)8-11-7-9(2)14-15(11)4/h7,10,12-13H,6,8H2,1-5H3. The molecule has 1 rings (SSSR count). The van der Waals surface area contributed by atoms with Crippen LogP contribution in [0.1, 0.15) is 25.2 Å². The van der Waals surface area contributed by atoms with Crippen molar-refractivity contribution >= 4 is 0 Å². The van der Waals surface area contributed by atoms with E-state index in [0.29, 0.717) is 6.04 Å². The van der Waals surface area contributed by atoms with Crippen molar-refractivity contribution in [3.63, 3.8) is 0 Å². The Labute approximate surface area is 98.0 Å². The van der Waals surface area contributed by atoms with Gasteiger partial charge in [-0.05, 0) is 26.5 Å². The van der Waals surface area contributed by atoms with Gasteiger partial charge in [-0.1, -0.05) is 6.92 Å². The van der Waals surface area contributed by atoms with E-state index >= 15 is 0 Å². The summed E-state index contributed by atoms with van der Waals surface area (Å²) in [6.45, 7) is 7.18. The van der Waals surface area contributed by atoms with Gasteiger partial charge in [0, 0.05) is 32.3 Å². The second-order valence-electron chi connectivity index (χ2n) is 4.21. The molecule has 4 nitrogen and oxygen atoms in total. The molecule has 2 atom stereocenters. The number of likely N-dealkylation sites (N-methyl/N-ethyl adjacent to an activating group) is 1. The lowest BCUT2D eigenvalue weighted by Crippen LogP contribution is -2.41. The number of hydrogen-bond donors (Lipinski definition) is 1. The third-order valence-electron chi connectivity index (χ3n) is 2.93. The van der Waals surface area contributed by atoms with Crippen molar-refractivity contribution in [2.24, 2.45) is 7.05 Å². The highest BCUT2D eigenvalue weighted by molar-refractivity contribution is 5.10. The molecule has 0 amide bonds. The van der Waals surface area contributed by atoms with Crippen LogP contribution in [0.3, 0.4) is 0 Å². The molecular weight excluding hydrogens is 202 g/mol. The van der Waals surface area contributed by atoms with E-state index in [9.17, 15) is 0 Å². The fourth-order valence-corrected chi connectivity index (χ4v) is 1.91. The minimum absolute atomic E-state index is 0.204. The molecule has 0 bridgehead atoms. The van der Waals surface area contributed by atoms with Crippen molar-refractivity contribution in [2.45, 2.75) is 39.3 Å². The van der Waals surface area contributed by atoms with E-state index in [-0.39, 0.29) is 6.10 Å². The Balaban J connectivity index is 2.71. The molecule has 16 heavy (non-hydrogen) atoms. The van der Waals surface area contributed by atoms with Gasteiger partial charge in [0.2, 0.25) is 0 Å². The minimum Gasteiger partial charge on any atom is -0.380 e. The summed E-state index contributed by atoms with van der Waals surface area (Å²) in [4.78, 5) is 0. The molecule has 0 aliphatic rings. The summed E-state index contributed by atoms with van der Waals surface area (Å²) in [6, 6.07) is 2.47. The van der Waals surface area contributed by atoms with E-state index < -0.39 is 0 Å². The maximum absolute atomic E-state index is 5.39. The van der Waals surface area contributed by atoms with Crippen LogP contribution in [0.4, 0.5) is 0 Å². The molecule has 1 aromatic heterocycles. The fraction of sp³-hybridized carbons (Fsp3) is 0.750. The van der Waals surface area contributed by atoms with Gasteiger partial charge in [0.15, 0.2) is 0 Å². The first kappa shape index (κ1) is 13.2. The number of aryl methyl sites for hydroxylation is 2. The molecule has 0 spiro atoms. The first-order valence-corrected chi connectivity index (χ1v) is 5.84. The highest BCUT2D eigenvalue weighted by Gasteiger charge is 2.18. The minimum atomic E-state index is 0.204. The van der Waals surface area contributed by atoms with Gasteiger partial charge in [-0.3, -0.25) is 4.68 Å². The van der Waals surface area contributed by atoms with Crippen LogP contribution in [-0.4, -0.2) is 35.6 Å². The quantitative estimate of drug-likeness (QED) is 0.793. The molecule has 92 valence electrons. The predicted molar refractivity (Wildman–Crippen MR) is 65.6 cm³/mol. The van der Waals surface area contributed by atoms with E-state index in [0.717, 1.165) is 18.7 Å². The highest BCUT2D eigenvalue weighted by atomic mass is 16.5. The average molecular weight is 225 g/mol. The smallest absolute Gasteiger partial charge is 0.0699 e. The molecule has 1 aromatic rings. The van der Waals surface area contributed by atoms with E-state index in [1.54, 1.807) is 7.11 Å². The SMILES string of the molecule is CCNC(Cc1cc(C)nn1C)C(C)OC. The third-order valence-corrected chi connectivity index (χ3v) is 2.93. The lowest BCUT2D eigenvalue weighted by molar-refractivity contribution is 0.0830. The predicted octanol–water partition coefficient (Wildman–Crippen LogP) is 1.28. The fourth-order valence-electron chi connectivity index (χ4n) is 1.91. The van der Waals surface area contributed by atoms with Crippen LogP contribution < -0.4 is 5.32 Å². The number of nitrogens with one attached hydrogen (secondary N) is 1. The molecule has 0 aromatic carbocycles. The Bertz CT molecular complexity index is 322. The van der Waals surface area contributed by atoms with Gasteiger partial charge in [0.25, 0.3) is 0 Å². The number of nitrogens with zero attached hydrogens (tertiary/aromatic N) is 2. The zero-order valence-corrected chi connectivity index (χ0v) is 10.9. The molecule has 2 unspecified atom stereocenters. The van der Waals surface area contributed by atoms with Crippen molar-refractivity contribution in [2.75, 3.05) is 13.7 Å². The first-order valence-electron chi connectivity index (χ1n) is 5.84. The normalized spacial score (nSPS) is 15.1. The first-order chi connectivity index (χ1) is 7.58. The molecular formula is C12H23N3O. The number of aromatic nitrogens is 2. The summed E-state index contributed by atoms with van der Waals surface area (Å²) in [5.41, 5.74) is 2.31. The lowest BCUT2D eigenvalue weighted by atomic mass is 10.1. The van der Waals surface area contributed by atoms with E-state index in [4.69, 9.17) is 4.74 Å². The molecule has 0 radical (unpaired) electrons. The summed E-state index contributed by atoms with van der Waals surface area (Å²) >= 11 is 0. The number of methoxy groups -OCH3 is 1. The Morgan fingerprint density at radius 1 is 1.56 bits per heavy atom. The average Bonchev–Trinajstić information content (AvgIpc) is 2.55. The molecule has 0 aliphatic carbocycles. The molecule has 4 heteroatoms. The van der Waals surface area contributed by atoms with Gasteiger partial charge in [-0.2, -0.15) is 5.10 Å². The van der Waals surface area contributed by atoms with Crippen molar-refractivity contribution < 1.29 is 4.74 Å². The molecule has 0 fully saturated rings. The summed E-state index contributed by atoms with van der Waals surface area (Å²) in [5.74, 6) is 0. The molecule has 1 N–H and O–H groups in total. The van der Waals surface area contributed by atoms with Crippen LogP contribution >= 0.6 is 0 Å². The van der Waals surface area contributed by atoms with Crippen LogP contribution in [0, 0.1) is 6.92 Å². The van der Waals surface area contributed by atoms with Crippen molar-refractivity contribution in [3.8, 4) is 0 Å². The van der Waals surface area contributed by atoms with E-state index in [1.165, 1.54) is 5.69 Å². The van der Waals surface area contributed by atoms with E-state index in [2.05, 4.69) is 30.3 Å². The molecule has 0 aliphatic heterocycles. The third kappa shape index (κ3) is 3.32. The highest BCUT2D eigenvalue weighted by Crippen LogP contribution is 2.09. The summed E-state index contributed by atoms with van der Waals surface area (Å²) in [7, 11) is 3.74. The largest absolute Gasteiger partial charge is 0.380 e. The van der Waals surface area contributed by atoms with Gasteiger partial charge in [-0.15, -0.1) is 0 Å². The van der Waals surface area contributed by atoms with Gasteiger partial charge >= 0.3 is 0 Å². The van der Waals surface area contributed by atoms with Crippen LogP contribution in [0.25, 0.3) is 0 Å². The Morgan fingerprint density at radius 3 is 2.69 bits per heavy atom. The van der Waals surface area contributed by atoms with Crippen LogP contribution in [0.2, 0.25) is 0 Å². The van der Waals surface area contributed by atoms with Crippen molar-refractivity contribution in [1.82, 2.24) is 15.1 Å². The van der Waals surface area contributed by atoms with Crippen LogP contribution in [-0.2, 0) is 18.2 Å². The van der Waals surface area contributed by atoms with E-state index in [1.807, 2.05) is 18.7 Å². The molecule has 0 saturated heterocycles. The summed E-state index contributed by atoms with van der Waals surface area (Å²) in [5, 5.41) is 7.81. The van der Waals surface area contributed by atoms with Gasteiger partial charge in [0.1, 0.15) is 0 Å². The lowest BCUT2D eigenvalue weighted by Gasteiger charge is -2.23. The Hall–Kier alpha value is -0.870. The topological polar surface area (TPSA) is 39.1 Å². The van der Waals surface area contributed by atoms with Gasteiger partial charge < -0.3 is 10.1 Å². The zero-order valence-electron chi connectivity index (χ0n) is 10.9. The number of ether oxygens (including phenoxy) is 1. The van der Waals surface area contributed by atoms with Gasteiger partial charge in [-0.25, -0.2) is 0 Å². The second kappa shape index (κ2) is 6.01. The van der Waals surface area contributed by atoms with Crippen LogP contribution in [0.15, 0.2) is 6.07 Å². The number of rotatable bonds is 6. The molecule has 0 saturated carbocycles. The monoisotopic (exact) mass is 225 g/mol.